The van der Waals surface area contributed by atoms with Crippen LogP contribution in [0.4, 0.5) is 4.79 Å². The van der Waals surface area contributed by atoms with E-state index in [1.807, 2.05) is 55.5 Å². The highest BCUT2D eigenvalue weighted by Crippen LogP contribution is 2.28. The number of allylic oxidation sites excluding steroid dienone is 3. The van der Waals surface area contributed by atoms with Crippen molar-refractivity contribution in [3.8, 4) is 23.7 Å². The number of nitriles is 1. The Balaban J connectivity index is 1.90. The Morgan fingerprint density at radius 2 is 1.97 bits per heavy atom. The fraction of sp³-hybridized carbons (Fsp3) is 0.154. The van der Waals surface area contributed by atoms with E-state index in [1.165, 1.54) is 0 Å². The van der Waals surface area contributed by atoms with Crippen molar-refractivity contribution >= 4 is 11.7 Å². The van der Waals surface area contributed by atoms with E-state index in [1.54, 1.807) is 19.2 Å². The first-order chi connectivity index (χ1) is 15.0. The molecule has 0 spiro atoms. The van der Waals surface area contributed by atoms with Gasteiger partial charge in [0.15, 0.2) is 0 Å². The Kier molecular flexibility index (Phi) is 6.93. The van der Waals surface area contributed by atoms with Gasteiger partial charge in [0.1, 0.15) is 12.4 Å². The lowest BCUT2D eigenvalue weighted by molar-refractivity contribution is 0.177. The molecule has 1 unspecified atom stereocenters. The Hall–Kier alpha value is -4.22. The molecule has 1 heterocycles. The zero-order valence-corrected chi connectivity index (χ0v) is 17.4. The summed E-state index contributed by atoms with van der Waals surface area (Å²) in [5.74, 6) is 6.93. The van der Waals surface area contributed by atoms with Gasteiger partial charge in [-0.25, -0.2) is 4.79 Å². The van der Waals surface area contributed by atoms with E-state index >= 15 is 0 Å². The van der Waals surface area contributed by atoms with Crippen molar-refractivity contribution in [2.45, 2.75) is 13.0 Å². The van der Waals surface area contributed by atoms with Crippen molar-refractivity contribution < 1.29 is 14.3 Å². The standard InChI is InChI=1S/C26H22N2O3/c1-18(7-9-20-5-4-6-21(15-20)16-27)8-14-24(19(2)25-17-31-26(29)28-25)22-10-12-23(30-3)13-11-22/h4-6,8,10-15,25H,2,17H2,1,3H3,(H,28,29). The highest BCUT2D eigenvalue weighted by Gasteiger charge is 2.26. The third-order valence-corrected chi connectivity index (χ3v) is 4.74. The largest absolute Gasteiger partial charge is 0.497 e. The summed E-state index contributed by atoms with van der Waals surface area (Å²) in [6.45, 7) is 6.34. The van der Waals surface area contributed by atoms with Crippen LogP contribution in [-0.2, 0) is 4.74 Å². The zero-order chi connectivity index (χ0) is 22.2. The molecule has 1 atom stereocenters. The number of hydrogen-bond donors (Lipinski definition) is 1. The highest BCUT2D eigenvalue weighted by molar-refractivity contribution is 5.83. The second-order valence-electron chi connectivity index (χ2n) is 6.92. The second kappa shape index (κ2) is 10.0. The number of nitrogens with one attached hydrogen (secondary N) is 1. The Bertz CT molecular complexity index is 1160. The van der Waals surface area contributed by atoms with Gasteiger partial charge in [-0.3, -0.25) is 0 Å². The molecular weight excluding hydrogens is 388 g/mol. The van der Waals surface area contributed by atoms with Gasteiger partial charge in [-0.1, -0.05) is 48.8 Å². The summed E-state index contributed by atoms with van der Waals surface area (Å²) >= 11 is 0. The predicted molar refractivity (Wildman–Crippen MR) is 120 cm³/mol. The molecule has 0 saturated carbocycles. The minimum absolute atomic E-state index is 0.239. The van der Waals surface area contributed by atoms with Crippen LogP contribution < -0.4 is 10.1 Å². The minimum Gasteiger partial charge on any atom is -0.497 e. The first kappa shape index (κ1) is 21.5. The summed E-state index contributed by atoms with van der Waals surface area (Å²) in [6, 6.07) is 16.6. The van der Waals surface area contributed by atoms with Crippen LogP contribution in [0, 0.1) is 23.2 Å². The normalized spacial score (nSPS) is 15.8. The van der Waals surface area contributed by atoms with Gasteiger partial charge in [0.05, 0.1) is 24.8 Å². The molecule has 5 nitrogen and oxygen atoms in total. The monoisotopic (exact) mass is 410 g/mol. The van der Waals surface area contributed by atoms with Crippen LogP contribution in [0.1, 0.15) is 23.6 Å². The van der Waals surface area contributed by atoms with E-state index in [2.05, 4.69) is 29.8 Å². The zero-order valence-electron chi connectivity index (χ0n) is 17.4. The molecular formula is C26H22N2O3. The van der Waals surface area contributed by atoms with Crippen LogP contribution in [0.3, 0.4) is 0 Å². The average molecular weight is 410 g/mol. The fourth-order valence-corrected chi connectivity index (χ4v) is 3.01. The molecule has 1 fully saturated rings. The SMILES string of the molecule is C=C(C(=CC=C(C)C#Cc1cccc(C#N)c1)c1ccc(OC)cc1)C1COC(=O)N1. The number of hydrogen-bond acceptors (Lipinski definition) is 4. The first-order valence-electron chi connectivity index (χ1n) is 9.68. The maximum Gasteiger partial charge on any atom is 0.407 e. The van der Waals surface area contributed by atoms with Crippen molar-refractivity contribution in [2.75, 3.05) is 13.7 Å². The van der Waals surface area contributed by atoms with Gasteiger partial charge >= 0.3 is 6.09 Å². The number of ether oxygens (including phenoxy) is 2. The third-order valence-electron chi connectivity index (χ3n) is 4.74. The molecule has 5 heteroatoms. The molecule has 0 aliphatic carbocycles. The molecule has 1 amide bonds. The summed E-state index contributed by atoms with van der Waals surface area (Å²) in [7, 11) is 1.62. The van der Waals surface area contributed by atoms with E-state index in [0.29, 0.717) is 5.56 Å². The van der Waals surface area contributed by atoms with Gasteiger partial charge in [0.25, 0.3) is 0 Å². The summed E-state index contributed by atoms with van der Waals surface area (Å²) < 4.78 is 10.3. The number of cyclic esters (lactones) is 1. The number of nitrogens with zero attached hydrogens (tertiary/aromatic N) is 1. The van der Waals surface area contributed by atoms with Gasteiger partial charge < -0.3 is 14.8 Å². The van der Waals surface area contributed by atoms with Gasteiger partial charge in [0, 0.05) is 5.56 Å². The van der Waals surface area contributed by atoms with E-state index in [-0.39, 0.29) is 12.6 Å². The molecule has 0 radical (unpaired) electrons. The molecule has 31 heavy (non-hydrogen) atoms. The molecule has 0 bridgehead atoms. The van der Waals surface area contributed by atoms with Crippen molar-refractivity contribution in [2.24, 2.45) is 0 Å². The summed E-state index contributed by atoms with van der Waals surface area (Å²) in [5, 5.41) is 11.8. The number of rotatable bonds is 5. The van der Waals surface area contributed by atoms with Gasteiger partial charge in [-0.05, 0) is 59.5 Å². The van der Waals surface area contributed by atoms with Crippen LogP contribution in [0.5, 0.6) is 5.75 Å². The molecule has 3 rings (SSSR count). The number of alkyl carbamates (subject to hydrolysis) is 1. The van der Waals surface area contributed by atoms with Crippen LogP contribution in [0.25, 0.3) is 5.57 Å². The van der Waals surface area contributed by atoms with Gasteiger partial charge in [-0.15, -0.1) is 0 Å². The number of carbonyl (C=O) groups is 1. The lowest BCUT2D eigenvalue weighted by Gasteiger charge is -2.16. The van der Waals surface area contributed by atoms with Crippen LogP contribution in [0.2, 0.25) is 0 Å². The molecule has 1 aliphatic rings. The third kappa shape index (κ3) is 5.65. The van der Waals surface area contributed by atoms with Gasteiger partial charge in [-0.2, -0.15) is 5.26 Å². The predicted octanol–water partition coefficient (Wildman–Crippen LogP) is 4.61. The number of benzene rings is 2. The summed E-state index contributed by atoms with van der Waals surface area (Å²) in [6.07, 6.45) is 3.39. The van der Waals surface area contributed by atoms with Crippen LogP contribution in [-0.4, -0.2) is 25.9 Å². The van der Waals surface area contributed by atoms with Crippen molar-refractivity contribution in [1.29, 1.82) is 5.26 Å². The average Bonchev–Trinajstić information content (AvgIpc) is 3.24. The highest BCUT2D eigenvalue weighted by atomic mass is 16.6. The lowest BCUT2D eigenvalue weighted by Crippen LogP contribution is -2.28. The fourth-order valence-electron chi connectivity index (χ4n) is 3.01. The van der Waals surface area contributed by atoms with Crippen molar-refractivity contribution in [3.05, 3.63) is 95.1 Å². The topological polar surface area (TPSA) is 71.3 Å². The smallest absolute Gasteiger partial charge is 0.407 e. The second-order valence-corrected chi connectivity index (χ2v) is 6.92. The number of methoxy groups -OCH3 is 1. The Morgan fingerprint density at radius 3 is 2.61 bits per heavy atom. The number of amides is 1. The Labute approximate surface area is 182 Å². The maximum atomic E-state index is 11.5. The Morgan fingerprint density at radius 1 is 1.23 bits per heavy atom. The summed E-state index contributed by atoms with van der Waals surface area (Å²) in [5.41, 5.74) is 4.74. The molecule has 1 N–H and O–H groups in total. The molecule has 2 aromatic rings. The molecule has 1 aliphatic heterocycles. The van der Waals surface area contributed by atoms with E-state index in [4.69, 9.17) is 14.7 Å². The van der Waals surface area contributed by atoms with Crippen molar-refractivity contribution in [1.82, 2.24) is 5.32 Å². The van der Waals surface area contributed by atoms with Gasteiger partial charge in [0.2, 0.25) is 0 Å². The first-order valence-corrected chi connectivity index (χ1v) is 9.68. The lowest BCUT2D eigenvalue weighted by atomic mass is 9.93. The minimum atomic E-state index is -0.447. The maximum absolute atomic E-state index is 11.5. The summed E-state index contributed by atoms with van der Waals surface area (Å²) in [4.78, 5) is 11.5. The molecule has 2 aromatic carbocycles. The van der Waals surface area contributed by atoms with Crippen LogP contribution in [0.15, 0.2) is 78.4 Å². The van der Waals surface area contributed by atoms with E-state index in [9.17, 15) is 4.79 Å². The molecule has 0 aromatic heterocycles. The van der Waals surface area contributed by atoms with Crippen LogP contribution >= 0.6 is 0 Å². The molecule has 154 valence electrons. The van der Waals surface area contributed by atoms with Crippen molar-refractivity contribution in [3.63, 3.8) is 0 Å². The van der Waals surface area contributed by atoms with E-state index in [0.717, 1.165) is 33.6 Å². The van der Waals surface area contributed by atoms with E-state index < -0.39 is 6.09 Å². The molecule has 1 saturated heterocycles. The quantitative estimate of drug-likeness (QED) is 0.577. The number of carbonyl (C=O) groups excluding carboxylic acids is 1.